The summed E-state index contributed by atoms with van der Waals surface area (Å²) >= 11 is 0. The molecule has 2 N–H and O–H groups in total. The standard InChI is InChI=1S/C20H30N2O2.C2H2O4/c1-17-7-6-8-19(15-17)24-16-20(23)22-13-9-18(10-14-22)21-11-4-2-3-5-12-21;3-1(4)2(5)6/h6-8,15,18H,2-5,9-14,16H2,1H3;(H,3,4)(H,5,6). The number of carbonyl (C=O) groups is 3. The molecule has 3 rings (SSSR count). The van der Waals surface area contributed by atoms with Crippen molar-refractivity contribution in [2.45, 2.75) is 51.5 Å². The van der Waals surface area contributed by atoms with Gasteiger partial charge in [0, 0.05) is 19.1 Å². The van der Waals surface area contributed by atoms with Gasteiger partial charge in [0.1, 0.15) is 5.75 Å². The number of aryl methyl sites for hydroxylation is 1. The first-order valence-corrected chi connectivity index (χ1v) is 10.5. The molecule has 1 aromatic rings. The van der Waals surface area contributed by atoms with Crippen LogP contribution >= 0.6 is 0 Å². The molecule has 1 amide bonds. The van der Waals surface area contributed by atoms with Crippen LogP contribution in [-0.4, -0.2) is 76.7 Å². The predicted octanol–water partition coefficient (Wildman–Crippen LogP) is 2.40. The van der Waals surface area contributed by atoms with E-state index in [-0.39, 0.29) is 12.5 Å². The molecule has 0 radical (unpaired) electrons. The van der Waals surface area contributed by atoms with Gasteiger partial charge in [-0.25, -0.2) is 9.59 Å². The van der Waals surface area contributed by atoms with E-state index in [0.717, 1.165) is 37.2 Å². The number of benzene rings is 1. The molecule has 8 nitrogen and oxygen atoms in total. The van der Waals surface area contributed by atoms with Crippen LogP contribution < -0.4 is 4.74 Å². The fraction of sp³-hybridized carbons (Fsp3) is 0.591. The van der Waals surface area contributed by atoms with Gasteiger partial charge in [0.2, 0.25) is 0 Å². The van der Waals surface area contributed by atoms with Gasteiger partial charge in [-0.05, 0) is 63.4 Å². The third-order valence-corrected chi connectivity index (χ3v) is 5.51. The van der Waals surface area contributed by atoms with Gasteiger partial charge in [0.15, 0.2) is 6.61 Å². The zero-order valence-electron chi connectivity index (χ0n) is 17.6. The predicted molar refractivity (Wildman–Crippen MR) is 112 cm³/mol. The zero-order valence-corrected chi connectivity index (χ0v) is 17.6. The Morgan fingerprint density at radius 1 is 0.967 bits per heavy atom. The lowest BCUT2D eigenvalue weighted by Gasteiger charge is -2.38. The summed E-state index contributed by atoms with van der Waals surface area (Å²) in [7, 11) is 0. The third kappa shape index (κ3) is 8.02. The topological polar surface area (TPSA) is 107 Å². The van der Waals surface area contributed by atoms with Crippen molar-refractivity contribution in [3.8, 4) is 5.75 Å². The molecule has 0 aliphatic carbocycles. The van der Waals surface area contributed by atoms with Crippen LogP contribution in [0.4, 0.5) is 0 Å². The Bertz CT molecular complexity index is 695. The normalized spacial score (nSPS) is 18.0. The number of hydrogen-bond donors (Lipinski definition) is 2. The van der Waals surface area contributed by atoms with Crippen molar-refractivity contribution < 1.29 is 29.3 Å². The van der Waals surface area contributed by atoms with E-state index >= 15 is 0 Å². The van der Waals surface area contributed by atoms with Crippen molar-refractivity contribution in [1.29, 1.82) is 0 Å². The van der Waals surface area contributed by atoms with Crippen molar-refractivity contribution >= 4 is 17.8 Å². The SMILES string of the molecule is Cc1cccc(OCC(=O)N2CCC(N3CCCCCC3)CC2)c1.O=C(O)C(=O)O. The zero-order chi connectivity index (χ0) is 21.9. The van der Waals surface area contributed by atoms with Gasteiger partial charge in [-0.2, -0.15) is 0 Å². The van der Waals surface area contributed by atoms with Crippen molar-refractivity contribution in [2.75, 3.05) is 32.8 Å². The number of hydrogen-bond acceptors (Lipinski definition) is 5. The second-order valence-corrected chi connectivity index (χ2v) is 7.78. The van der Waals surface area contributed by atoms with Gasteiger partial charge >= 0.3 is 11.9 Å². The lowest BCUT2D eigenvalue weighted by atomic mass is 10.0. The monoisotopic (exact) mass is 420 g/mol. The minimum atomic E-state index is -1.82. The van der Waals surface area contributed by atoms with Crippen LogP contribution in [0.25, 0.3) is 0 Å². The van der Waals surface area contributed by atoms with Gasteiger partial charge in [-0.15, -0.1) is 0 Å². The van der Waals surface area contributed by atoms with Crippen molar-refractivity contribution in [2.24, 2.45) is 0 Å². The minimum absolute atomic E-state index is 0.117. The number of carboxylic acid groups (broad SMARTS) is 2. The first-order chi connectivity index (χ1) is 14.4. The minimum Gasteiger partial charge on any atom is -0.484 e. The molecule has 2 heterocycles. The van der Waals surface area contributed by atoms with E-state index in [1.165, 1.54) is 38.8 Å². The Labute approximate surface area is 177 Å². The molecule has 0 saturated carbocycles. The van der Waals surface area contributed by atoms with Crippen LogP contribution in [0.1, 0.15) is 44.1 Å². The van der Waals surface area contributed by atoms with Gasteiger partial charge in [0.25, 0.3) is 5.91 Å². The number of nitrogens with zero attached hydrogens (tertiary/aromatic N) is 2. The summed E-state index contributed by atoms with van der Waals surface area (Å²) in [6, 6.07) is 8.54. The highest BCUT2D eigenvalue weighted by molar-refractivity contribution is 6.27. The maximum atomic E-state index is 12.4. The lowest BCUT2D eigenvalue weighted by molar-refractivity contribution is -0.159. The number of ether oxygens (including phenoxy) is 1. The number of carboxylic acids is 2. The summed E-state index contributed by atoms with van der Waals surface area (Å²) < 4.78 is 5.66. The molecular formula is C22H32N2O6. The van der Waals surface area contributed by atoms with Crippen molar-refractivity contribution in [3.05, 3.63) is 29.8 Å². The molecule has 2 aliphatic rings. The lowest BCUT2D eigenvalue weighted by Crippen LogP contribution is -2.48. The first kappa shape index (κ1) is 23.7. The van der Waals surface area contributed by atoms with Crippen LogP contribution in [0.2, 0.25) is 0 Å². The van der Waals surface area contributed by atoms with E-state index in [1.54, 1.807) is 0 Å². The number of carbonyl (C=O) groups excluding carboxylic acids is 1. The summed E-state index contributed by atoms with van der Waals surface area (Å²) in [4.78, 5) is 35.2. The molecule has 30 heavy (non-hydrogen) atoms. The highest BCUT2D eigenvalue weighted by Gasteiger charge is 2.27. The van der Waals surface area contributed by atoms with Crippen LogP contribution in [0, 0.1) is 6.92 Å². The second-order valence-electron chi connectivity index (χ2n) is 7.78. The molecule has 0 unspecified atom stereocenters. The van der Waals surface area contributed by atoms with Crippen molar-refractivity contribution in [1.82, 2.24) is 9.80 Å². The van der Waals surface area contributed by atoms with Crippen LogP contribution in [0.5, 0.6) is 5.75 Å². The molecule has 2 aliphatic heterocycles. The van der Waals surface area contributed by atoms with Crippen LogP contribution in [0.3, 0.4) is 0 Å². The number of aliphatic carboxylic acids is 2. The van der Waals surface area contributed by atoms with E-state index in [1.807, 2.05) is 36.1 Å². The molecule has 0 spiro atoms. The highest BCUT2D eigenvalue weighted by Crippen LogP contribution is 2.21. The molecule has 1 aromatic carbocycles. The first-order valence-electron chi connectivity index (χ1n) is 10.5. The van der Waals surface area contributed by atoms with Crippen molar-refractivity contribution in [3.63, 3.8) is 0 Å². The maximum absolute atomic E-state index is 12.4. The fourth-order valence-electron chi connectivity index (χ4n) is 3.88. The van der Waals surface area contributed by atoms with E-state index in [0.29, 0.717) is 6.04 Å². The summed E-state index contributed by atoms with van der Waals surface area (Å²) in [5.74, 6) is -2.75. The van der Waals surface area contributed by atoms with Crippen LogP contribution in [0.15, 0.2) is 24.3 Å². The third-order valence-electron chi connectivity index (χ3n) is 5.51. The molecule has 0 atom stereocenters. The molecular weight excluding hydrogens is 388 g/mol. The summed E-state index contributed by atoms with van der Waals surface area (Å²) in [6.07, 6.45) is 7.65. The number of likely N-dealkylation sites (tertiary alicyclic amines) is 2. The quantitative estimate of drug-likeness (QED) is 0.720. The maximum Gasteiger partial charge on any atom is 0.414 e. The van der Waals surface area contributed by atoms with E-state index in [9.17, 15) is 4.79 Å². The Hall–Kier alpha value is -2.61. The van der Waals surface area contributed by atoms with Gasteiger partial charge < -0.3 is 24.7 Å². The van der Waals surface area contributed by atoms with Crippen LogP contribution in [-0.2, 0) is 14.4 Å². The number of amides is 1. The average molecular weight is 421 g/mol. The van der Waals surface area contributed by atoms with E-state index < -0.39 is 11.9 Å². The number of piperidine rings is 1. The summed E-state index contributed by atoms with van der Waals surface area (Å²) in [5, 5.41) is 14.8. The Morgan fingerprint density at radius 3 is 2.10 bits per heavy atom. The molecule has 2 fully saturated rings. The largest absolute Gasteiger partial charge is 0.484 e. The fourth-order valence-corrected chi connectivity index (χ4v) is 3.88. The molecule has 166 valence electrons. The second kappa shape index (κ2) is 12.2. The van der Waals surface area contributed by atoms with Gasteiger partial charge in [0.05, 0.1) is 0 Å². The molecule has 0 aromatic heterocycles. The van der Waals surface area contributed by atoms with Gasteiger partial charge in [-0.1, -0.05) is 25.0 Å². The molecule has 2 saturated heterocycles. The highest BCUT2D eigenvalue weighted by atomic mass is 16.5. The van der Waals surface area contributed by atoms with E-state index in [4.69, 9.17) is 24.5 Å². The Kier molecular flexibility index (Phi) is 9.60. The van der Waals surface area contributed by atoms with Gasteiger partial charge in [-0.3, -0.25) is 4.79 Å². The Balaban J connectivity index is 0.000000469. The van der Waals surface area contributed by atoms with E-state index in [2.05, 4.69) is 4.90 Å². The average Bonchev–Trinajstić information content (AvgIpc) is 3.02. The number of rotatable bonds is 4. The smallest absolute Gasteiger partial charge is 0.414 e. The summed E-state index contributed by atoms with van der Waals surface area (Å²) in [5.41, 5.74) is 1.15. The Morgan fingerprint density at radius 2 is 1.57 bits per heavy atom. The summed E-state index contributed by atoms with van der Waals surface area (Å²) in [6.45, 7) is 6.42. The molecule has 0 bridgehead atoms. The molecule has 8 heteroatoms.